The number of pyridine rings is 2. The average molecular weight is 443 g/mol. The van der Waals surface area contributed by atoms with Gasteiger partial charge in [0.25, 0.3) is 11.7 Å². The van der Waals surface area contributed by atoms with Gasteiger partial charge in [0.05, 0.1) is 24.3 Å². The summed E-state index contributed by atoms with van der Waals surface area (Å²) in [5, 5.41) is 11.0. The fourth-order valence-corrected chi connectivity index (χ4v) is 3.82. The summed E-state index contributed by atoms with van der Waals surface area (Å²) in [6.07, 6.45) is 5.08. The van der Waals surface area contributed by atoms with Crippen molar-refractivity contribution in [3.8, 4) is 0 Å². The second kappa shape index (κ2) is 9.44. The van der Waals surface area contributed by atoms with Gasteiger partial charge in [-0.3, -0.25) is 19.6 Å². The molecule has 1 fully saturated rings. The monoisotopic (exact) mass is 443 g/mol. The Morgan fingerprint density at radius 2 is 1.73 bits per heavy atom. The minimum Gasteiger partial charge on any atom is -0.507 e. The van der Waals surface area contributed by atoms with Crippen LogP contribution in [0.1, 0.15) is 33.2 Å². The smallest absolute Gasteiger partial charge is 0.337 e. The molecule has 0 spiro atoms. The van der Waals surface area contributed by atoms with Crippen molar-refractivity contribution in [1.82, 2.24) is 14.9 Å². The molecule has 1 amide bonds. The Balaban J connectivity index is 1.77. The lowest BCUT2D eigenvalue weighted by Crippen LogP contribution is -2.31. The van der Waals surface area contributed by atoms with Crippen molar-refractivity contribution >= 4 is 23.4 Å². The number of benzene rings is 1. The number of ether oxygens (including phenoxy) is 1. The third-order valence-corrected chi connectivity index (χ3v) is 5.48. The maximum atomic E-state index is 13.0. The molecular formula is C25H21N3O5. The largest absolute Gasteiger partial charge is 0.507 e. The number of likely N-dealkylation sites (tertiary alicyclic amines) is 1. The van der Waals surface area contributed by atoms with E-state index in [1.54, 1.807) is 48.7 Å². The molecule has 3 aromatic rings. The molecule has 1 aliphatic heterocycles. The van der Waals surface area contributed by atoms with E-state index in [4.69, 9.17) is 4.74 Å². The highest BCUT2D eigenvalue weighted by molar-refractivity contribution is 6.46. The summed E-state index contributed by atoms with van der Waals surface area (Å²) in [5.74, 6) is -2.25. The molecule has 0 bridgehead atoms. The summed E-state index contributed by atoms with van der Waals surface area (Å²) < 4.78 is 4.74. The number of nitrogens with zero attached hydrogens (tertiary/aromatic N) is 3. The molecule has 166 valence electrons. The van der Waals surface area contributed by atoms with Crippen molar-refractivity contribution in [3.05, 3.63) is 101 Å². The molecule has 8 nitrogen and oxygen atoms in total. The number of ketones is 1. The Kier molecular flexibility index (Phi) is 6.26. The van der Waals surface area contributed by atoms with Crippen LogP contribution in [0.4, 0.5) is 0 Å². The summed E-state index contributed by atoms with van der Waals surface area (Å²) in [6, 6.07) is 14.2. The van der Waals surface area contributed by atoms with E-state index in [2.05, 4.69) is 9.97 Å². The molecule has 33 heavy (non-hydrogen) atoms. The van der Waals surface area contributed by atoms with E-state index in [1.807, 2.05) is 12.1 Å². The van der Waals surface area contributed by atoms with E-state index in [-0.39, 0.29) is 17.9 Å². The zero-order valence-electron chi connectivity index (χ0n) is 17.8. The summed E-state index contributed by atoms with van der Waals surface area (Å²) in [5.41, 5.74) is 2.05. The molecule has 1 aliphatic rings. The van der Waals surface area contributed by atoms with Gasteiger partial charge in [-0.05, 0) is 42.0 Å². The molecule has 1 aromatic carbocycles. The lowest BCUT2D eigenvalue weighted by Gasteiger charge is -2.25. The fraction of sp³-hybridized carbons (Fsp3) is 0.160. The first kappa shape index (κ1) is 21.9. The number of esters is 1. The number of carbonyl (C=O) groups excluding carboxylic acids is 3. The van der Waals surface area contributed by atoms with E-state index in [0.29, 0.717) is 23.1 Å². The first-order chi connectivity index (χ1) is 16.0. The van der Waals surface area contributed by atoms with Gasteiger partial charge in [0, 0.05) is 42.8 Å². The predicted octanol–water partition coefficient (Wildman–Crippen LogP) is 2.93. The summed E-state index contributed by atoms with van der Waals surface area (Å²) in [6.45, 7) is 0.220. The van der Waals surface area contributed by atoms with Gasteiger partial charge in [0.15, 0.2) is 0 Å². The standard InChI is InChI=1S/C25H21N3O5/c1-33-25(32)18-7-5-16(6-8-18)21-20(22(29)17-9-13-26-14-10-17)23(30)24(31)28(21)15-11-19-4-2-3-12-27-19/h2-10,12-14,21,29H,11,15H2,1H3/b22-20+. The maximum Gasteiger partial charge on any atom is 0.337 e. The Hall–Kier alpha value is -4.33. The SMILES string of the molecule is COC(=O)c1ccc(C2/C(=C(\O)c3ccncc3)C(=O)C(=O)N2CCc2ccccn2)cc1. The van der Waals surface area contributed by atoms with Gasteiger partial charge in [-0.1, -0.05) is 18.2 Å². The molecule has 4 rings (SSSR count). The van der Waals surface area contributed by atoms with Crippen LogP contribution >= 0.6 is 0 Å². The Morgan fingerprint density at radius 1 is 1.00 bits per heavy atom. The number of carbonyl (C=O) groups is 3. The average Bonchev–Trinajstić information content (AvgIpc) is 3.12. The molecule has 0 radical (unpaired) electrons. The van der Waals surface area contributed by atoms with Gasteiger partial charge < -0.3 is 14.7 Å². The topological polar surface area (TPSA) is 110 Å². The van der Waals surface area contributed by atoms with Crippen LogP contribution in [0.2, 0.25) is 0 Å². The van der Waals surface area contributed by atoms with Crippen molar-refractivity contribution in [3.63, 3.8) is 0 Å². The van der Waals surface area contributed by atoms with Crippen LogP contribution in [0.5, 0.6) is 0 Å². The number of hydrogen-bond donors (Lipinski definition) is 1. The van der Waals surface area contributed by atoms with Crippen molar-refractivity contribution < 1.29 is 24.2 Å². The number of aromatic nitrogens is 2. The van der Waals surface area contributed by atoms with Crippen LogP contribution in [-0.4, -0.2) is 51.3 Å². The van der Waals surface area contributed by atoms with E-state index in [9.17, 15) is 19.5 Å². The first-order valence-corrected chi connectivity index (χ1v) is 10.3. The minimum absolute atomic E-state index is 0.0157. The quantitative estimate of drug-likeness (QED) is 0.270. The third kappa shape index (κ3) is 4.36. The van der Waals surface area contributed by atoms with Gasteiger partial charge in [0.1, 0.15) is 5.76 Å². The molecule has 1 atom stereocenters. The number of amides is 1. The minimum atomic E-state index is -0.825. The van der Waals surface area contributed by atoms with Crippen LogP contribution in [0.3, 0.4) is 0 Å². The van der Waals surface area contributed by atoms with Crippen LogP contribution in [-0.2, 0) is 20.7 Å². The van der Waals surface area contributed by atoms with E-state index < -0.39 is 23.7 Å². The summed E-state index contributed by atoms with van der Waals surface area (Å²) in [4.78, 5) is 47.5. The van der Waals surface area contributed by atoms with E-state index in [0.717, 1.165) is 5.69 Å². The number of Topliss-reactive ketones (excluding diaryl/α,β-unsaturated/α-hetero) is 1. The molecule has 8 heteroatoms. The molecular weight excluding hydrogens is 422 g/mol. The van der Waals surface area contributed by atoms with Crippen molar-refractivity contribution in [2.24, 2.45) is 0 Å². The number of rotatable bonds is 6. The zero-order chi connectivity index (χ0) is 23.4. The number of aliphatic hydroxyl groups is 1. The highest BCUT2D eigenvalue weighted by Crippen LogP contribution is 2.39. The Labute approximate surface area is 190 Å². The van der Waals surface area contributed by atoms with E-state index in [1.165, 1.54) is 24.4 Å². The van der Waals surface area contributed by atoms with Crippen LogP contribution < -0.4 is 0 Å². The molecule has 3 heterocycles. The molecule has 0 aliphatic carbocycles. The van der Waals surface area contributed by atoms with Crippen LogP contribution in [0.15, 0.2) is 78.8 Å². The van der Waals surface area contributed by atoms with Gasteiger partial charge in [-0.25, -0.2) is 4.79 Å². The number of methoxy groups -OCH3 is 1. The first-order valence-electron chi connectivity index (χ1n) is 10.3. The van der Waals surface area contributed by atoms with E-state index >= 15 is 0 Å². The fourth-order valence-electron chi connectivity index (χ4n) is 3.82. The Morgan fingerprint density at radius 3 is 2.36 bits per heavy atom. The normalized spacial score (nSPS) is 17.2. The van der Waals surface area contributed by atoms with Crippen molar-refractivity contribution in [1.29, 1.82) is 0 Å². The van der Waals surface area contributed by atoms with Crippen LogP contribution in [0, 0.1) is 0 Å². The predicted molar refractivity (Wildman–Crippen MR) is 119 cm³/mol. The van der Waals surface area contributed by atoms with Crippen molar-refractivity contribution in [2.45, 2.75) is 12.5 Å². The Bertz CT molecular complexity index is 1210. The van der Waals surface area contributed by atoms with Gasteiger partial charge in [0.2, 0.25) is 0 Å². The zero-order valence-corrected chi connectivity index (χ0v) is 17.8. The maximum absolute atomic E-state index is 13.0. The molecule has 1 N–H and O–H groups in total. The molecule has 0 saturated carbocycles. The molecule has 1 saturated heterocycles. The van der Waals surface area contributed by atoms with Gasteiger partial charge in [-0.2, -0.15) is 0 Å². The van der Waals surface area contributed by atoms with Crippen LogP contribution in [0.25, 0.3) is 5.76 Å². The second-order valence-electron chi connectivity index (χ2n) is 7.41. The highest BCUT2D eigenvalue weighted by atomic mass is 16.5. The number of aliphatic hydroxyl groups excluding tert-OH is 1. The lowest BCUT2D eigenvalue weighted by atomic mass is 9.95. The van der Waals surface area contributed by atoms with Gasteiger partial charge in [-0.15, -0.1) is 0 Å². The number of hydrogen-bond acceptors (Lipinski definition) is 7. The summed E-state index contributed by atoms with van der Waals surface area (Å²) >= 11 is 0. The third-order valence-electron chi connectivity index (χ3n) is 5.48. The molecule has 2 aromatic heterocycles. The lowest BCUT2D eigenvalue weighted by molar-refractivity contribution is -0.139. The molecule has 1 unspecified atom stereocenters. The second-order valence-corrected chi connectivity index (χ2v) is 7.41. The van der Waals surface area contributed by atoms with Gasteiger partial charge >= 0.3 is 5.97 Å². The van der Waals surface area contributed by atoms with Crippen molar-refractivity contribution in [2.75, 3.05) is 13.7 Å². The summed E-state index contributed by atoms with van der Waals surface area (Å²) in [7, 11) is 1.29. The highest BCUT2D eigenvalue weighted by Gasteiger charge is 2.45.